The van der Waals surface area contributed by atoms with Crippen LogP contribution in [0, 0.1) is 5.82 Å². The van der Waals surface area contributed by atoms with Crippen molar-refractivity contribution in [1.82, 2.24) is 20.4 Å². The van der Waals surface area contributed by atoms with E-state index in [1.165, 1.54) is 24.3 Å². The van der Waals surface area contributed by atoms with Crippen LogP contribution in [0.15, 0.2) is 53.1 Å². The van der Waals surface area contributed by atoms with Crippen molar-refractivity contribution < 1.29 is 23.3 Å². The number of hydrogen-bond acceptors (Lipinski definition) is 6. The molecule has 1 aliphatic heterocycles. The fourth-order valence-electron chi connectivity index (χ4n) is 3.25. The number of nitrogens with zero attached hydrogens (tertiary/aromatic N) is 3. The van der Waals surface area contributed by atoms with Crippen LogP contribution in [0.3, 0.4) is 0 Å². The number of aromatic nitrogens is 2. The number of carbonyl (C=O) groups is 3. The van der Waals surface area contributed by atoms with Gasteiger partial charge in [-0.15, -0.1) is 0 Å². The van der Waals surface area contributed by atoms with E-state index in [1.54, 1.807) is 31.2 Å². The van der Waals surface area contributed by atoms with Crippen LogP contribution in [0.4, 0.5) is 4.39 Å². The quantitative estimate of drug-likeness (QED) is 0.629. The third kappa shape index (κ3) is 3.69. The molecule has 1 unspecified atom stereocenters. The summed E-state index contributed by atoms with van der Waals surface area (Å²) in [5.74, 6) is -1.10. The van der Waals surface area contributed by atoms with Gasteiger partial charge in [-0.25, -0.2) is 4.39 Å². The molecule has 8 nitrogen and oxygen atoms in total. The summed E-state index contributed by atoms with van der Waals surface area (Å²) in [6.07, 6.45) is -0.0614. The molecule has 9 heteroatoms. The number of imide groups is 1. The molecule has 2 heterocycles. The van der Waals surface area contributed by atoms with Gasteiger partial charge in [-0.05, 0) is 43.3 Å². The average molecular weight is 408 g/mol. The van der Waals surface area contributed by atoms with Crippen LogP contribution in [-0.4, -0.2) is 38.8 Å². The minimum absolute atomic E-state index is 0.0123. The van der Waals surface area contributed by atoms with Crippen molar-refractivity contribution in [3.05, 3.63) is 71.3 Å². The molecule has 0 bridgehead atoms. The summed E-state index contributed by atoms with van der Waals surface area (Å²) in [5, 5.41) is 6.43. The summed E-state index contributed by atoms with van der Waals surface area (Å²) >= 11 is 0. The van der Waals surface area contributed by atoms with Crippen molar-refractivity contribution in [1.29, 1.82) is 0 Å². The predicted octanol–water partition coefficient (Wildman–Crippen LogP) is 2.57. The molecule has 2 aromatic carbocycles. The van der Waals surface area contributed by atoms with Crippen LogP contribution in [-0.2, 0) is 11.3 Å². The third-order valence-corrected chi connectivity index (χ3v) is 4.75. The largest absolute Gasteiger partial charge is 0.349 e. The molecule has 1 aliphatic rings. The van der Waals surface area contributed by atoms with Gasteiger partial charge in [0.1, 0.15) is 5.82 Å². The number of amides is 3. The van der Waals surface area contributed by atoms with Crippen molar-refractivity contribution in [2.75, 3.05) is 0 Å². The molecule has 1 aromatic heterocycles. The van der Waals surface area contributed by atoms with E-state index in [0.29, 0.717) is 16.7 Å². The highest BCUT2D eigenvalue weighted by atomic mass is 19.1. The van der Waals surface area contributed by atoms with Crippen LogP contribution >= 0.6 is 0 Å². The molecular weight excluding hydrogens is 391 g/mol. The minimum atomic E-state index is -0.613. The highest BCUT2D eigenvalue weighted by molar-refractivity contribution is 6.21. The molecule has 0 saturated carbocycles. The fraction of sp³-hybridized carbons (Fsp3) is 0.190. The first-order chi connectivity index (χ1) is 14.4. The topological polar surface area (TPSA) is 105 Å². The van der Waals surface area contributed by atoms with Crippen molar-refractivity contribution >= 4 is 17.7 Å². The molecule has 3 amide bonds. The zero-order chi connectivity index (χ0) is 21.3. The van der Waals surface area contributed by atoms with Crippen LogP contribution < -0.4 is 5.32 Å². The number of nitrogens with one attached hydrogen (secondary N) is 1. The second-order valence-corrected chi connectivity index (χ2v) is 6.88. The first-order valence-electron chi connectivity index (χ1n) is 9.26. The summed E-state index contributed by atoms with van der Waals surface area (Å²) in [6, 6.07) is 11.5. The number of carbonyl (C=O) groups excluding carboxylic acids is 3. The lowest BCUT2D eigenvalue weighted by atomic mass is 10.1. The van der Waals surface area contributed by atoms with Gasteiger partial charge in [-0.1, -0.05) is 17.3 Å². The molecule has 0 aliphatic carbocycles. The van der Waals surface area contributed by atoms with Gasteiger partial charge < -0.3 is 9.84 Å². The molecule has 30 heavy (non-hydrogen) atoms. The van der Waals surface area contributed by atoms with Crippen LogP contribution in [0.1, 0.15) is 39.9 Å². The van der Waals surface area contributed by atoms with Crippen LogP contribution in [0.2, 0.25) is 0 Å². The smallest absolute Gasteiger partial charge is 0.261 e. The average Bonchev–Trinajstić information content (AvgIpc) is 3.31. The SMILES string of the molecule is CC(CC(=O)NCc1noc(-c2ccc(F)cc2)n1)N1C(=O)c2ccccc2C1=O. The number of hydrogen-bond donors (Lipinski definition) is 1. The van der Waals surface area contributed by atoms with Crippen molar-refractivity contribution in [2.45, 2.75) is 25.9 Å². The zero-order valence-electron chi connectivity index (χ0n) is 16.0. The Balaban J connectivity index is 1.34. The summed E-state index contributed by atoms with van der Waals surface area (Å²) in [6.45, 7) is 1.65. The zero-order valence-corrected chi connectivity index (χ0v) is 16.0. The van der Waals surface area contributed by atoms with Crippen molar-refractivity contribution in [2.24, 2.45) is 0 Å². The lowest BCUT2D eigenvalue weighted by Crippen LogP contribution is -2.41. The van der Waals surface area contributed by atoms with Gasteiger partial charge in [0.25, 0.3) is 17.7 Å². The maximum Gasteiger partial charge on any atom is 0.261 e. The molecule has 0 saturated heterocycles. The fourth-order valence-corrected chi connectivity index (χ4v) is 3.25. The molecular formula is C21H17FN4O4. The van der Waals surface area contributed by atoms with Gasteiger partial charge in [0, 0.05) is 18.0 Å². The van der Waals surface area contributed by atoms with Gasteiger partial charge in [-0.2, -0.15) is 4.98 Å². The maximum atomic E-state index is 13.0. The van der Waals surface area contributed by atoms with E-state index in [0.717, 1.165) is 4.90 Å². The van der Waals surface area contributed by atoms with E-state index in [-0.39, 0.29) is 36.4 Å². The molecule has 1 N–H and O–H groups in total. The first kappa shape index (κ1) is 19.4. The van der Waals surface area contributed by atoms with Crippen LogP contribution in [0.5, 0.6) is 0 Å². The summed E-state index contributed by atoms with van der Waals surface area (Å²) in [7, 11) is 0. The number of fused-ring (bicyclic) bond motifs is 1. The summed E-state index contributed by atoms with van der Waals surface area (Å²) in [4.78, 5) is 42.5. The molecule has 0 fully saturated rings. The Kier molecular flexibility index (Phi) is 5.09. The van der Waals surface area contributed by atoms with E-state index in [4.69, 9.17) is 4.52 Å². The van der Waals surface area contributed by atoms with E-state index >= 15 is 0 Å². The van der Waals surface area contributed by atoms with E-state index in [1.807, 2.05) is 0 Å². The number of halogens is 1. The Bertz CT molecular complexity index is 1090. The number of rotatable bonds is 6. The van der Waals surface area contributed by atoms with E-state index < -0.39 is 17.9 Å². The van der Waals surface area contributed by atoms with Crippen molar-refractivity contribution in [3.8, 4) is 11.5 Å². The molecule has 0 radical (unpaired) electrons. The standard InChI is InChI=1S/C21H17FN4O4/c1-12(26-20(28)15-4-2-3-5-16(15)21(26)29)10-18(27)23-11-17-24-19(30-25-17)13-6-8-14(22)9-7-13/h2-9,12H,10-11H2,1H3,(H,23,27). The van der Waals surface area contributed by atoms with Gasteiger partial charge in [0.05, 0.1) is 17.7 Å². The molecule has 152 valence electrons. The molecule has 3 aromatic rings. The summed E-state index contributed by atoms with van der Waals surface area (Å²) < 4.78 is 18.1. The Morgan fingerprint density at radius 1 is 1.10 bits per heavy atom. The second-order valence-electron chi connectivity index (χ2n) is 6.88. The Hall–Kier alpha value is -3.88. The lowest BCUT2D eigenvalue weighted by molar-refractivity contribution is -0.122. The highest BCUT2D eigenvalue weighted by Crippen LogP contribution is 2.25. The maximum absolute atomic E-state index is 13.0. The monoisotopic (exact) mass is 408 g/mol. The molecule has 0 spiro atoms. The van der Waals surface area contributed by atoms with Gasteiger partial charge in [0.15, 0.2) is 5.82 Å². The van der Waals surface area contributed by atoms with Gasteiger partial charge in [0.2, 0.25) is 5.91 Å². The van der Waals surface area contributed by atoms with Gasteiger partial charge >= 0.3 is 0 Å². The minimum Gasteiger partial charge on any atom is -0.349 e. The Labute approximate surface area is 170 Å². The Morgan fingerprint density at radius 3 is 2.37 bits per heavy atom. The highest BCUT2D eigenvalue weighted by Gasteiger charge is 2.38. The van der Waals surface area contributed by atoms with Gasteiger partial charge in [-0.3, -0.25) is 19.3 Å². The molecule has 4 rings (SSSR count). The second kappa shape index (κ2) is 7.86. The first-order valence-corrected chi connectivity index (χ1v) is 9.26. The third-order valence-electron chi connectivity index (χ3n) is 4.75. The van der Waals surface area contributed by atoms with E-state index in [9.17, 15) is 18.8 Å². The summed E-state index contributed by atoms with van der Waals surface area (Å²) in [5.41, 5.74) is 1.24. The Morgan fingerprint density at radius 2 is 1.73 bits per heavy atom. The van der Waals surface area contributed by atoms with Crippen molar-refractivity contribution in [3.63, 3.8) is 0 Å². The number of benzene rings is 2. The lowest BCUT2D eigenvalue weighted by Gasteiger charge is -2.21. The predicted molar refractivity (Wildman–Crippen MR) is 103 cm³/mol. The molecule has 1 atom stereocenters. The van der Waals surface area contributed by atoms with Crippen LogP contribution in [0.25, 0.3) is 11.5 Å². The normalized spacial score (nSPS) is 14.0. The van der Waals surface area contributed by atoms with E-state index in [2.05, 4.69) is 15.5 Å².